The SMILES string of the molecule is CC1CN(C(=O)CN2CCCc3c(N)cccc32)CC(C)O1. The number of hydrogen-bond acceptors (Lipinski definition) is 4. The number of anilines is 2. The van der Waals surface area contributed by atoms with Crippen molar-refractivity contribution in [1.29, 1.82) is 0 Å². The van der Waals surface area contributed by atoms with Gasteiger partial charge in [-0.15, -0.1) is 0 Å². The summed E-state index contributed by atoms with van der Waals surface area (Å²) in [7, 11) is 0. The predicted molar refractivity (Wildman–Crippen MR) is 88.0 cm³/mol. The van der Waals surface area contributed by atoms with Gasteiger partial charge in [0.1, 0.15) is 0 Å². The van der Waals surface area contributed by atoms with E-state index in [-0.39, 0.29) is 18.1 Å². The molecule has 0 bridgehead atoms. The second-order valence-corrected chi connectivity index (χ2v) is 6.43. The zero-order valence-electron chi connectivity index (χ0n) is 13.4. The summed E-state index contributed by atoms with van der Waals surface area (Å²) in [6.07, 6.45) is 2.26. The summed E-state index contributed by atoms with van der Waals surface area (Å²) < 4.78 is 5.70. The minimum Gasteiger partial charge on any atom is -0.398 e. The van der Waals surface area contributed by atoms with Gasteiger partial charge in [0.2, 0.25) is 5.91 Å². The molecule has 3 rings (SSSR count). The largest absolute Gasteiger partial charge is 0.398 e. The van der Waals surface area contributed by atoms with E-state index in [0.717, 1.165) is 30.8 Å². The summed E-state index contributed by atoms with van der Waals surface area (Å²) in [5, 5.41) is 0. The van der Waals surface area contributed by atoms with Crippen molar-refractivity contribution in [3.8, 4) is 0 Å². The normalized spacial score (nSPS) is 25.0. The third-order valence-corrected chi connectivity index (χ3v) is 4.48. The summed E-state index contributed by atoms with van der Waals surface area (Å²) in [5.41, 5.74) is 9.22. The molecule has 2 heterocycles. The van der Waals surface area contributed by atoms with Crippen LogP contribution in [0.5, 0.6) is 0 Å². The molecule has 0 radical (unpaired) electrons. The van der Waals surface area contributed by atoms with Gasteiger partial charge in [0.25, 0.3) is 0 Å². The molecule has 2 N–H and O–H groups in total. The molecule has 2 aliphatic rings. The van der Waals surface area contributed by atoms with Gasteiger partial charge in [-0.05, 0) is 44.4 Å². The van der Waals surface area contributed by atoms with Gasteiger partial charge in [0, 0.05) is 31.0 Å². The molecule has 0 spiro atoms. The van der Waals surface area contributed by atoms with E-state index < -0.39 is 0 Å². The number of rotatable bonds is 2. The van der Waals surface area contributed by atoms with Gasteiger partial charge in [-0.3, -0.25) is 4.79 Å². The summed E-state index contributed by atoms with van der Waals surface area (Å²) >= 11 is 0. The molecule has 5 heteroatoms. The number of fused-ring (bicyclic) bond motifs is 1. The van der Waals surface area contributed by atoms with Crippen molar-refractivity contribution in [1.82, 2.24) is 4.90 Å². The summed E-state index contributed by atoms with van der Waals surface area (Å²) in [6.45, 7) is 6.74. The molecular weight excluding hydrogens is 278 g/mol. The van der Waals surface area contributed by atoms with Gasteiger partial charge < -0.3 is 20.3 Å². The molecule has 2 aliphatic heterocycles. The monoisotopic (exact) mass is 303 g/mol. The lowest BCUT2D eigenvalue weighted by Crippen LogP contribution is -2.51. The molecule has 2 atom stereocenters. The zero-order valence-corrected chi connectivity index (χ0v) is 13.4. The Bertz CT molecular complexity index is 551. The van der Waals surface area contributed by atoms with Crippen LogP contribution in [0.25, 0.3) is 0 Å². The third kappa shape index (κ3) is 3.04. The highest BCUT2D eigenvalue weighted by Gasteiger charge is 2.28. The Morgan fingerprint density at radius 3 is 2.77 bits per heavy atom. The average molecular weight is 303 g/mol. The second kappa shape index (κ2) is 6.16. The van der Waals surface area contributed by atoms with Gasteiger partial charge >= 0.3 is 0 Å². The van der Waals surface area contributed by atoms with Crippen LogP contribution >= 0.6 is 0 Å². The zero-order chi connectivity index (χ0) is 15.7. The number of nitrogens with two attached hydrogens (primary N) is 1. The molecule has 2 unspecified atom stereocenters. The van der Waals surface area contributed by atoms with Crippen LogP contribution < -0.4 is 10.6 Å². The van der Waals surface area contributed by atoms with E-state index in [2.05, 4.69) is 11.0 Å². The average Bonchev–Trinajstić information content (AvgIpc) is 2.47. The van der Waals surface area contributed by atoms with E-state index in [9.17, 15) is 4.79 Å². The van der Waals surface area contributed by atoms with E-state index in [4.69, 9.17) is 10.5 Å². The van der Waals surface area contributed by atoms with Crippen LogP contribution in [0, 0.1) is 0 Å². The minimum absolute atomic E-state index is 0.108. The van der Waals surface area contributed by atoms with Crippen LogP contribution in [0.3, 0.4) is 0 Å². The molecule has 120 valence electrons. The quantitative estimate of drug-likeness (QED) is 0.844. The van der Waals surface area contributed by atoms with E-state index in [1.807, 2.05) is 30.9 Å². The molecule has 5 nitrogen and oxygen atoms in total. The number of morpholine rings is 1. The fourth-order valence-corrected chi connectivity index (χ4v) is 3.54. The molecule has 0 saturated carbocycles. The van der Waals surface area contributed by atoms with Gasteiger partial charge in [-0.1, -0.05) is 6.07 Å². The van der Waals surface area contributed by atoms with Gasteiger partial charge in [0.05, 0.1) is 18.8 Å². The molecule has 1 aromatic rings. The molecule has 0 aliphatic carbocycles. The first kappa shape index (κ1) is 15.2. The van der Waals surface area contributed by atoms with Crippen LogP contribution in [-0.4, -0.2) is 49.2 Å². The Balaban J connectivity index is 1.72. The number of carbonyl (C=O) groups is 1. The van der Waals surface area contributed by atoms with Crippen LogP contribution in [-0.2, 0) is 16.0 Å². The van der Waals surface area contributed by atoms with Gasteiger partial charge in [-0.2, -0.15) is 0 Å². The number of ether oxygens (including phenoxy) is 1. The number of benzene rings is 1. The van der Waals surface area contributed by atoms with Crippen molar-refractivity contribution in [3.05, 3.63) is 23.8 Å². The Labute approximate surface area is 132 Å². The molecule has 1 amide bonds. The fraction of sp³-hybridized carbons (Fsp3) is 0.588. The van der Waals surface area contributed by atoms with Crippen LogP contribution in [0.15, 0.2) is 18.2 Å². The van der Waals surface area contributed by atoms with Gasteiger partial charge in [0.15, 0.2) is 0 Å². The molecule has 1 aromatic carbocycles. The number of nitrogens with zero attached hydrogens (tertiary/aromatic N) is 2. The van der Waals surface area contributed by atoms with E-state index in [1.54, 1.807) is 0 Å². The van der Waals surface area contributed by atoms with Crippen LogP contribution in [0.1, 0.15) is 25.8 Å². The third-order valence-electron chi connectivity index (χ3n) is 4.48. The summed E-state index contributed by atoms with van der Waals surface area (Å²) in [6, 6.07) is 5.98. The molecule has 1 fully saturated rings. The number of nitrogen functional groups attached to an aromatic ring is 1. The lowest BCUT2D eigenvalue weighted by molar-refractivity contribution is -0.141. The van der Waals surface area contributed by atoms with Crippen molar-refractivity contribution in [2.24, 2.45) is 0 Å². The highest BCUT2D eigenvalue weighted by Crippen LogP contribution is 2.31. The summed E-state index contributed by atoms with van der Waals surface area (Å²) in [4.78, 5) is 16.7. The Morgan fingerprint density at radius 1 is 1.32 bits per heavy atom. The minimum atomic E-state index is 0.108. The Hall–Kier alpha value is -1.75. The van der Waals surface area contributed by atoms with Crippen LogP contribution in [0.2, 0.25) is 0 Å². The maximum atomic E-state index is 12.6. The van der Waals surface area contributed by atoms with Gasteiger partial charge in [-0.25, -0.2) is 0 Å². The first-order valence-corrected chi connectivity index (χ1v) is 8.10. The lowest BCUT2D eigenvalue weighted by Gasteiger charge is -2.38. The van der Waals surface area contributed by atoms with E-state index >= 15 is 0 Å². The molecular formula is C17H25N3O2. The number of hydrogen-bond donors (Lipinski definition) is 1. The Morgan fingerprint density at radius 2 is 2.05 bits per heavy atom. The van der Waals surface area contributed by atoms with Crippen molar-refractivity contribution in [2.45, 2.75) is 38.9 Å². The molecule has 22 heavy (non-hydrogen) atoms. The smallest absolute Gasteiger partial charge is 0.242 e. The maximum Gasteiger partial charge on any atom is 0.242 e. The van der Waals surface area contributed by atoms with Crippen molar-refractivity contribution in [2.75, 3.05) is 36.8 Å². The second-order valence-electron chi connectivity index (χ2n) is 6.43. The lowest BCUT2D eigenvalue weighted by atomic mass is 10.00. The fourth-order valence-electron chi connectivity index (χ4n) is 3.54. The number of carbonyl (C=O) groups excluding carboxylic acids is 1. The van der Waals surface area contributed by atoms with Crippen molar-refractivity contribution < 1.29 is 9.53 Å². The predicted octanol–water partition coefficient (Wildman–Crippen LogP) is 1.66. The number of amides is 1. The highest BCUT2D eigenvalue weighted by molar-refractivity contribution is 5.83. The maximum absolute atomic E-state index is 12.6. The van der Waals surface area contributed by atoms with Crippen molar-refractivity contribution >= 4 is 17.3 Å². The standard InChI is InChI=1S/C17H25N3O2/c1-12-9-20(10-13(2)22-12)17(21)11-19-8-4-5-14-15(18)6-3-7-16(14)19/h3,6-7,12-13H,4-5,8-11,18H2,1-2H3. The van der Waals surface area contributed by atoms with Crippen LogP contribution in [0.4, 0.5) is 11.4 Å². The van der Waals surface area contributed by atoms with Crippen molar-refractivity contribution in [3.63, 3.8) is 0 Å². The molecule has 0 aromatic heterocycles. The first-order valence-electron chi connectivity index (χ1n) is 8.10. The topological polar surface area (TPSA) is 58.8 Å². The first-order chi connectivity index (χ1) is 10.5. The van der Waals surface area contributed by atoms with E-state index in [1.165, 1.54) is 5.56 Å². The molecule has 1 saturated heterocycles. The Kier molecular flexibility index (Phi) is 4.25. The highest BCUT2D eigenvalue weighted by atomic mass is 16.5. The van der Waals surface area contributed by atoms with E-state index in [0.29, 0.717) is 19.6 Å². The summed E-state index contributed by atoms with van der Waals surface area (Å²) in [5.74, 6) is 0.178.